The molecule has 1 aliphatic rings. The van der Waals surface area contributed by atoms with Gasteiger partial charge >= 0.3 is 0 Å². The fraction of sp³-hybridized carbons (Fsp3) is 0.167. The van der Waals surface area contributed by atoms with Crippen LogP contribution in [0.5, 0.6) is 5.88 Å². The summed E-state index contributed by atoms with van der Waals surface area (Å²) in [6.07, 6.45) is 4.02. The van der Waals surface area contributed by atoms with Crippen LogP contribution in [0.4, 0.5) is 0 Å². The van der Waals surface area contributed by atoms with Gasteiger partial charge in [0.1, 0.15) is 5.56 Å². The number of carbonyl (C=O) groups is 1. The van der Waals surface area contributed by atoms with Crippen LogP contribution in [0.25, 0.3) is 10.9 Å². The van der Waals surface area contributed by atoms with Crippen molar-refractivity contribution in [2.45, 2.75) is 19.5 Å². The van der Waals surface area contributed by atoms with Gasteiger partial charge in [-0.3, -0.25) is 14.6 Å². The minimum atomic E-state index is -0.579. The van der Waals surface area contributed by atoms with E-state index in [2.05, 4.69) is 10.3 Å². The number of hydrogen-bond donors (Lipinski definition) is 2. The van der Waals surface area contributed by atoms with Crippen molar-refractivity contribution in [3.05, 3.63) is 69.6 Å². The first-order valence-electron chi connectivity index (χ1n) is 7.71. The third-order valence-corrected chi connectivity index (χ3v) is 4.35. The van der Waals surface area contributed by atoms with E-state index in [1.807, 2.05) is 18.2 Å². The molecule has 24 heavy (non-hydrogen) atoms. The van der Waals surface area contributed by atoms with Crippen LogP contribution in [0.1, 0.15) is 21.5 Å². The van der Waals surface area contributed by atoms with E-state index in [0.29, 0.717) is 11.9 Å². The first kappa shape index (κ1) is 14.4. The molecule has 4 rings (SSSR count). The zero-order valence-corrected chi connectivity index (χ0v) is 12.8. The maximum atomic E-state index is 12.7. The number of nitrogens with one attached hydrogen (secondary N) is 1. The number of para-hydroxylation sites is 1. The molecule has 0 atom stereocenters. The zero-order chi connectivity index (χ0) is 16.7. The van der Waals surface area contributed by atoms with Crippen LogP contribution in [0.2, 0.25) is 0 Å². The van der Waals surface area contributed by atoms with Gasteiger partial charge in [-0.25, -0.2) is 0 Å². The quantitative estimate of drug-likeness (QED) is 0.767. The highest BCUT2D eigenvalue weighted by Crippen LogP contribution is 2.29. The van der Waals surface area contributed by atoms with Gasteiger partial charge in [0.25, 0.3) is 5.91 Å². The standard InChI is InChI=1S/C18H15N3O3/c22-16-13-5-1-4-12-6-8-21(15(12)13)18(24)14(16)17(23)20-10-11-3-2-7-19-9-11/h1-5,7,9,24H,6,8,10H2,(H,20,23). The summed E-state index contributed by atoms with van der Waals surface area (Å²) in [6, 6.07) is 9.04. The molecule has 6 heteroatoms. The molecule has 0 fully saturated rings. The Morgan fingerprint density at radius 1 is 1.29 bits per heavy atom. The number of hydrogen-bond acceptors (Lipinski definition) is 4. The first-order valence-corrected chi connectivity index (χ1v) is 7.71. The second kappa shape index (κ2) is 5.49. The Kier molecular flexibility index (Phi) is 3.30. The lowest BCUT2D eigenvalue weighted by Crippen LogP contribution is -2.29. The van der Waals surface area contributed by atoms with E-state index in [-0.39, 0.29) is 18.0 Å². The number of carbonyl (C=O) groups excluding carboxylic acids is 1. The third-order valence-electron chi connectivity index (χ3n) is 4.35. The molecule has 2 aromatic heterocycles. The smallest absolute Gasteiger partial charge is 0.261 e. The van der Waals surface area contributed by atoms with Gasteiger partial charge in [0.2, 0.25) is 11.3 Å². The van der Waals surface area contributed by atoms with Crippen molar-refractivity contribution in [1.82, 2.24) is 14.9 Å². The third kappa shape index (κ3) is 2.15. The largest absolute Gasteiger partial charge is 0.494 e. The molecule has 0 unspecified atom stereocenters. The minimum absolute atomic E-state index is 0.203. The molecule has 0 saturated heterocycles. The summed E-state index contributed by atoms with van der Waals surface area (Å²) in [4.78, 5) is 29.2. The Morgan fingerprint density at radius 3 is 2.96 bits per heavy atom. The van der Waals surface area contributed by atoms with Gasteiger partial charge in [-0.05, 0) is 29.7 Å². The van der Waals surface area contributed by atoms with Gasteiger partial charge < -0.3 is 15.0 Å². The molecule has 0 saturated carbocycles. The van der Waals surface area contributed by atoms with Crippen molar-refractivity contribution in [3.63, 3.8) is 0 Å². The average Bonchev–Trinajstić information content (AvgIpc) is 3.04. The molecule has 1 aromatic carbocycles. The number of pyridine rings is 2. The van der Waals surface area contributed by atoms with Gasteiger partial charge in [0.15, 0.2) is 0 Å². The van der Waals surface area contributed by atoms with Gasteiger partial charge in [-0.15, -0.1) is 0 Å². The summed E-state index contributed by atoms with van der Waals surface area (Å²) in [7, 11) is 0. The number of rotatable bonds is 3. The average molecular weight is 321 g/mol. The van der Waals surface area contributed by atoms with Crippen LogP contribution < -0.4 is 10.7 Å². The molecular weight excluding hydrogens is 306 g/mol. The maximum Gasteiger partial charge on any atom is 0.261 e. The van der Waals surface area contributed by atoms with E-state index in [9.17, 15) is 14.7 Å². The monoisotopic (exact) mass is 321 g/mol. The highest BCUT2D eigenvalue weighted by atomic mass is 16.3. The highest BCUT2D eigenvalue weighted by Gasteiger charge is 2.25. The van der Waals surface area contributed by atoms with Crippen LogP contribution in [0.15, 0.2) is 47.5 Å². The molecule has 120 valence electrons. The SMILES string of the molecule is O=C(NCc1cccnc1)c1c(O)n2c3c(cccc3c1=O)CC2. The Bertz CT molecular complexity index is 1010. The van der Waals surface area contributed by atoms with Crippen molar-refractivity contribution in [3.8, 4) is 5.88 Å². The summed E-state index contributed by atoms with van der Waals surface area (Å²) in [5.74, 6) is -0.842. The lowest BCUT2D eigenvalue weighted by molar-refractivity contribution is 0.0946. The van der Waals surface area contributed by atoms with Crippen LogP contribution in [0.3, 0.4) is 0 Å². The second-order valence-electron chi connectivity index (χ2n) is 5.79. The molecule has 0 aliphatic carbocycles. The van der Waals surface area contributed by atoms with E-state index in [0.717, 1.165) is 23.1 Å². The lowest BCUT2D eigenvalue weighted by atomic mass is 10.1. The molecule has 1 amide bonds. The first-order chi connectivity index (χ1) is 11.7. The summed E-state index contributed by atoms with van der Waals surface area (Å²) in [5, 5.41) is 13.6. The summed E-state index contributed by atoms with van der Waals surface area (Å²) < 4.78 is 1.64. The number of benzene rings is 1. The van der Waals surface area contributed by atoms with Crippen molar-refractivity contribution in [2.24, 2.45) is 0 Å². The fourth-order valence-corrected chi connectivity index (χ4v) is 3.20. The number of aryl methyl sites for hydroxylation is 2. The Labute approximate surface area is 137 Å². The van der Waals surface area contributed by atoms with Crippen molar-refractivity contribution in [2.75, 3.05) is 0 Å². The molecule has 0 bridgehead atoms. The van der Waals surface area contributed by atoms with Gasteiger partial charge in [0, 0.05) is 30.9 Å². The Morgan fingerprint density at radius 2 is 2.17 bits per heavy atom. The van der Waals surface area contributed by atoms with E-state index in [1.165, 1.54) is 0 Å². The molecule has 6 nitrogen and oxygen atoms in total. The second-order valence-corrected chi connectivity index (χ2v) is 5.79. The molecule has 0 spiro atoms. The van der Waals surface area contributed by atoms with E-state index < -0.39 is 11.3 Å². The normalized spacial score (nSPS) is 12.5. The molecule has 1 aliphatic heterocycles. The van der Waals surface area contributed by atoms with Crippen molar-refractivity contribution < 1.29 is 9.90 Å². The van der Waals surface area contributed by atoms with Crippen LogP contribution in [-0.2, 0) is 19.5 Å². The van der Waals surface area contributed by atoms with Gasteiger partial charge in [-0.2, -0.15) is 0 Å². The van der Waals surface area contributed by atoms with Crippen LogP contribution in [-0.4, -0.2) is 20.6 Å². The highest BCUT2D eigenvalue weighted by molar-refractivity contribution is 6.00. The van der Waals surface area contributed by atoms with E-state index in [4.69, 9.17) is 0 Å². The minimum Gasteiger partial charge on any atom is -0.494 e. The number of nitrogens with zero attached hydrogens (tertiary/aromatic N) is 2. The summed E-state index contributed by atoms with van der Waals surface area (Å²) in [6.45, 7) is 0.800. The molecule has 2 N–H and O–H groups in total. The zero-order valence-electron chi connectivity index (χ0n) is 12.8. The molecule has 3 aromatic rings. The topological polar surface area (TPSA) is 84.2 Å². The number of aromatic hydroxyl groups is 1. The Balaban J connectivity index is 1.75. The maximum absolute atomic E-state index is 12.7. The lowest BCUT2D eigenvalue weighted by Gasteiger charge is -2.12. The Hall–Kier alpha value is -3.15. The van der Waals surface area contributed by atoms with Crippen molar-refractivity contribution >= 4 is 16.8 Å². The van der Waals surface area contributed by atoms with Gasteiger partial charge in [-0.1, -0.05) is 18.2 Å². The number of amides is 1. The predicted molar refractivity (Wildman–Crippen MR) is 89.0 cm³/mol. The summed E-state index contributed by atoms with van der Waals surface area (Å²) in [5.41, 5.74) is 1.92. The van der Waals surface area contributed by atoms with E-state index >= 15 is 0 Å². The summed E-state index contributed by atoms with van der Waals surface area (Å²) >= 11 is 0. The predicted octanol–water partition coefficient (Wildman–Crippen LogP) is 1.59. The van der Waals surface area contributed by atoms with E-state index in [1.54, 1.807) is 29.1 Å². The van der Waals surface area contributed by atoms with Crippen molar-refractivity contribution in [1.29, 1.82) is 0 Å². The van der Waals surface area contributed by atoms with Crippen LogP contribution >= 0.6 is 0 Å². The van der Waals surface area contributed by atoms with Crippen LogP contribution in [0, 0.1) is 0 Å². The fourth-order valence-electron chi connectivity index (χ4n) is 3.20. The molecule has 3 heterocycles. The number of aromatic nitrogens is 2. The van der Waals surface area contributed by atoms with Gasteiger partial charge in [0.05, 0.1) is 5.52 Å². The molecular formula is C18H15N3O3. The molecule has 0 radical (unpaired) electrons.